The smallest absolute Gasteiger partial charge is 0.246 e. The lowest BCUT2D eigenvalue weighted by molar-refractivity contribution is -0.144. The van der Waals surface area contributed by atoms with Crippen LogP contribution in [0.2, 0.25) is 5.02 Å². The van der Waals surface area contributed by atoms with Gasteiger partial charge in [-0.25, -0.2) is 4.98 Å². The Morgan fingerprint density at radius 1 is 0.883 bits per heavy atom. The summed E-state index contributed by atoms with van der Waals surface area (Å²) in [5, 5.41) is 30.3. The normalized spacial score (nSPS) is 18.5. The number of likely N-dealkylation sites (tertiary alicyclic amines) is 1. The van der Waals surface area contributed by atoms with Crippen molar-refractivity contribution in [3.63, 3.8) is 0 Å². The third-order valence-electron chi connectivity index (χ3n) is 14.7. The van der Waals surface area contributed by atoms with Gasteiger partial charge in [-0.05, 0) is 86.6 Å². The van der Waals surface area contributed by atoms with Gasteiger partial charge in [-0.2, -0.15) is 0 Å². The first-order valence-corrected chi connectivity index (χ1v) is 28.3. The molecule has 6 aromatic rings. The van der Waals surface area contributed by atoms with Crippen molar-refractivity contribution in [1.82, 2.24) is 45.5 Å². The number of rotatable bonds is 17. The van der Waals surface area contributed by atoms with E-state index in [9.17, 15) is 24.3 Å². The number of hydrogen-bond donors (Lipinski definition) is 4. The molecule has 0 aliphatic carbocycles. The summed E-state index contributed by atoms with van der Waals surface area (Å²) in [6.07, 6.45) is -0.674. The van der Waals surface area contributed by atoms with Gasteiger partial charge in [0.2, 0.25) is 23.6 Å². The fourth-order valence-corrected chi connectivity index (χ4v) is 12.4. The molecule has 4 amide bonds. The van der Waals surface area contributed by atoms with Crippen LogP contribution < -0.4 is 20.9 Å². The Morgan fingerprint density at radius 3 is 2.26 bits per heavy atom. The first-order chi connectivity index (χ1) is 36.8. The van der Waals surface area contributed by atoms with Crippen molar-refractivity contribution in [3.8, 4) is 15.4 Å². The molecule has 6 heterocycles. The number of fused-ring (bicyclic) bond motifs is 3. The number of ether oxygens (including phenoxy) is 1. The Morgan fingerprint density at radius 2 is 1.58 bits per heavy atom. The molecule has 3 aromatic carbocycles. The molecule has 2 fully saturated rings. The van der Waals surface area contributed by atoms with Crippen LogP contribution in [-0.2, 0) is 30.5 Å². The Hall–Kier alpha value is -6.35. The zero-order valence-corrected chi connectivity index (χ0v) is 47.3. The van der Waals surface area contributed by atoms with Crippen molar-refractivity contribution in [2.24, 2.45) is 10.4 Å². The number of halogens is 1. The summed E-state index contributed by atoms with van der Waals surface area (Å²) in [6.45, 7) is 19.9. The van der Waals surface area contributed by atoms with E-state index in [2.05, 4.69) is 83.6 Å². The number of aliphatic hydroxyl groups excluding tert-OH is 1. The summed E-state index contributed by atoms with van der Waals surface area (Å²) in [6, 6.07) is 21.2. The van der Waals surface area contributed by atoms with Crippen LogP contribution in [0.1, 0.15) is 103 Å². The van der Waals surface area contributed by atoms with Gasteiger partial charge in [-0.15, -0.1) is 32.9 Å². The molecule has 406 valence electrons. The lowest BCUT2D eigenvalue weighted by atomic mass is 9.85. The fourth-order valence-electron chi connectivity index (χ4n) is 10.2. The molecule has 5 atom stereocenters. The maximum absolute atomic E-state index is 14.1. The van der Waals surface area contributed by atoms with E-state index in [1.165, 1.54) is 9.78 Å². The van der Waals surface area contributed by atoms with Gasteiger partial charge in [0, 0.05) is 78.9 Å². The molecule has 0 bridgehead atoms. The standard InChI is InChI=1S/C57H68ClN11O6S2/c1-33-36(4)77-56-49(33)50(40-13-17-42(58)18-14-40)62-45(53-65-64-37(5)69(53)56)28-47(71)61-34(2)39-15-19-43(20-16-39)67-23-21-66(22-24-67)25-26-75-31-48(72)63-52(57(6,7)8)55(74)68-30-44(70)27-46(68)54(73)59-29-38-9-11-41(12-10-38)51-35(3)60-32-76-51/h9-20,32,34,44-46,52,70H,21-31H2,1-8H3,(H,59,73)(H,61,71)(H,63,72)/t34-,44-,45+,46+,52-/m1/s1. The molecule has 3 aliphatic rings. The van der Waals surface area contributed by atoms with E-state index in [1.54, 1.807) is 22.7 Å². The Labute approximate surface area is 463 Å². The minimum absolute atomic E-state index is 0.00770. The van der Waals surface area contributed by atoms with Crippen LogP contribution >= 0.6 is 34.3 Å². The van der Waals surface area contributed by atoms with E-state index >= 15 is 0 Å². The molecule has 17 nitrogen and oxygen atoms in total. The van der Waals surface area contributed by atoms with Gasteiger partial charge in [0.25, 0.3) is 0 Å². The highest BCUT2D eigenvalue weighted by Gasteiger charge is 2.44. The van der Waals surface area contributed by atoms with Crippen molar-refractivity contribution >= 4 is 69.3 Å². The van der Waals surface area contributed by atoms with Gasteiger partial charge >= 0.3 is 0 Å². The van der Waals surface area contributed by atoms with Crippen LogP contribution in [0, 0.1) is 33.1 Å². The number of thiazole rings is 1. The number of thiophene rings is 1. The van der Waals surface area contributed by atoms with Crippen LogP contribution in [0.3, 0.4) is 0 Å². The highest BCUT2D eigenvalue weighted by Crippen LogP contribution is 2.40. The molecule has 4 N–H and O–H groups in total. The SMILES string of the molecule is Cc1ncsc1-c1ccc(CNC(=O)[C@@H]2C[C@@H](O)CN2C(=O)[C@@H](NC(=O)COCCN2CCN(c3ccc([C@@H](C)NC(=O)C[C@@H]4N=C(c5ccc(Cl)cc5)c5c(sc(C)c5C)-n5c(C)nnc54)cc3)CC2)C(C)(C)C)cc1. The Balaban J connectivity index is 0.718. The van der Waals surface area contributed by atoms with Crippen molar-refractivity contribution in [1.29, 1.82) is 0 Å². The molecule has 9 rings (SSSR count). The number of β-amino-alcohol motifs (C(OH)–C–C–N with tert-alkyl or cyclic N) is 1. The third-order valence-corrected chi connectivity index (χ3v) is 17.2. The van der Waals surface area contributed by atoms with Gasteiger partial charge in [0.1, 0.15) is 35.6 Å². The van der Waals surface area contributed by atoms with Crippen LogP contribution in [-0.4, -0.2) is 135 Å². The van der Waals surface area contributed by atoms with Crippen LogP contribution in [0.15, 0.2) is 83.3 Å². The monoisotopic (exact) mass is 1100 g/mol. The molecule has 0 unspecified atom stereocenters. The number of nitrogens with one attached hydrogen (secondary N) is 3. The summed E-state index contributed by atoms with van der Waals surface area (Å²) in [5.41, 5.74) is 9.99. The zero-order chi connectivity index (χ0) is 54.7. The summed E-state index contributed by atoms with van der Waals surface area (Å²) >= 11 is 9.54. The fraction of sp³-hybridized carbons (Fsp3) is 0.439. The van der Waals surface area contributed by atoms with Gasteiger partial charge < -0.3 is 35.6 Å². The Kier molecular flexibility index (Phi) is 17.1. The highest BCUT2D eigenvalue weighted by molar-refractivity contribution is 7.15. The summed E-state index contributed by atoms with van der Waals surface area (Å²) in [5.74, 6) is 0.00957. The molecule has 0 radical (unpaired) electrons. The number of nitrogens with zero attached hydrogens (tertiary/aromatic N) is 8. The van der Waals surface area contributed by atoms with Crippen LogP contribution in [0.5, 0.6) is 0 Å². The first kappa shape index (κ1) is 55.4. The maximum Gasteiger partial charge on any atom is 0.246 e. The van der Waals surface area contributed by atoms with Crippen LogP contribution in [0.4, 0.5) is 5.69 Å². The molecule has 3 aromatic heterocycles. The number of carbonyl (C=O) groups is 4. The van der Waals surface area contributed by atoms with Crippen molar-refractivity contribution in [3.05, 3.63) is 133 Å². The number of hydrogen-bond acceptors (Lipinski definition) is 14. The number of aromatic nitrogens is 4. The van der Waals surface area contributed by atoms with Gasteiger partial charge in [-0.1, -0.05) is 80.9 Å². The number of amides is 4. The molecule has 20 heteroatoms. The molecule has 2 saturated heterocycles. The van der Waals surface area contributed by atoms with E-state index in [-0.39, 0.29) is 50.4 Å². The average molecular weight is 1100 g/mol. The number of anilines is 1. The third kappa shape index (κ3) is 12.7. The number of carbonyl (C=O) groups excluding carboxylic acids is 4. The highest BCUT2D eigenvalue weighted by atomic mass is 35.5. The molecular weight excluding hydrogens is 1030 g/mol. The molecular formula is C57H68ClN11O6S2. The second-order valence-corrected chi connectivity index (χ2v) is 23.8. The maximum atomic E-state index is 14.1. The second kappa shape index (κ2) is 23.7. The summed E-state index contributed by atoms with van der Waals surface area (Å²) in [7, 11) is 0. The number of aliphatic imine (C=N–C) groups is 1. The lowest BCUT2D eigenvalue weighted by Gasteiger charge is -2.36. The van der Waals surface area contributed by atoms with Crippen LogP contribution in [0.25, 0.3) is 15.4 Å². The van der Waals surface area contributed by atoms with E-state index in [0.717, 1.165) is 92.4 Å². The first-order valence-electron chi connectivity index (χ1n) is 26.2. The van der Waals surface area contributed by atoms with Crippen molar-refractivity contribution in [2.75, 3.05) is 57.4 Å². The number of aryl methyl sites for hydroxylation is 3. The molecule has 0 saturated carbocycles. The predicted octanol–water partition coefficient (Wildman–Crippen LogP) is 7.45. The van der Waals surface area contributed by atoms with E-state index in [0.29, 0.717) is 24.0 Å². The van der Waals surface area contributed by atoms with Gasteiger partial charge in [-0.3, -0.25) is 33.6 Å². The van der Waals surface area contributed by atoms with E-state index in [4.69, 9.17) is 21.3 Å². The summed E-state index contributed by atoms with van der Waals surface area (Å²) in [4.78, 5) is 72.7. The largest absolute Gasteiger partial charge is 0.391 e. The zero-order valence-electron chi connectivity index (χ0n) is 44.9. The molecule has 0 spiro atoms. The topological polar surface area (TPSA) is 200 Å². The average Bonchev–Trinajstić information content (AvgIpc) is 4.31. The lowest BCUT2D eigenvalue weighted by Crippen LogP contribution is -2.58. The van der Waals surface area contributed by atoms with Crippen molar-refractivity contribution in [2.45, 2.75) is 105 Å². The van der Waals surface area contributed by atoms with Crippen molar-refractivity contribution < 1.29 is 29.0 Å². The number of piperazine rings is 1. The minimum Gasteiger partial charge on any atom is -0.391 e. The molecule has 77 heavy (non-hydrogen) atoms. The van der Waals surface area contributed by atoms with Gasteiger partial charge in [0.05, 0.1) is 47.0 Å². The summed E-state index contributed by atoms with van der Waals surface area (Å²) < 4.78 is 7.89. The van der Waals surface area contributed by atoms with E-state index in [1.807, 2.05) is 95.6 Å². The second-order valence-electron chi connectivity index (χ2n) is 21.3. The van der Waals surface area contributed by atoms with Gasteiger partial charge in [0.15, 0.2) is 5.82 Å². The Bertz CT molecular complexity index is 3120. The quantitative estimate of drug-likeness (QED) is 0.0662. The predicted molar refractivity (Wildman–Crippen MR) is 302 cm³/mol. The minimum atomic E-state index is -0.952. The van der Waals surface area contributed by atoms with E-state index < -0.39 is 41.5 Å². The number of aliphatic hydroxyl groups is 1. The molecule has 3 aliphatic heterocycles. The number of benzene rings is 3.